The van der Waals surface area contributed by atoms with Gasteiger partial charge in [-0.05, 0) is 49.2 Å². The fraction of sp³-hybridized carbons (Fsp3) is 0.316. The third kappa shape index (κ3) is 5.02. The van der Waals surface area contributed by atoms with Crippen molar-refractivity contribution < 1.29 is 21.6 Å². The highest BCUT2D eigenvalue weighted by Gasteiger charge is 2.25. The molecule has 0 saturated carbocycles. The number of sulfonamides is 2. The molecule has 0 heterocycles. The average molecular weight is 440 g/mol. The molecule has 0 aliphatic rings. The van der Waals surface area contributed by atoms with Crippen LogP contribution in [0.4, 0.5) is 5.69 Å². The minimum Gasteiger partial charge on any atom is -0.324 e. The van der Waals surface area contributed by atoms with E-state index in [4.69, 9.17) is 0 Å². The Morgan fingerprint density at radius 2 is 1.52 bits per heavy atom. The molecule has 0 aliphatic carbocycles. The molecule has 2 aromatic rings. The van der Waals surface area contributed by atoms with Crippen molar-refractivity contribution in [1.82, 2.24) is 8.61 Å². The maximum Gasteiger partial charge on any atom is 0.244 e. The zero-order chi connectivity index (χ0) is 22.0. The first-order chi connectivity index (χ1) is 13.4. The number of amides is 1. The quantitative estimate of drug-likeness (QED) is 0.709. The van der Waals surface area contributed by atoms with E-state index in [9.17, 15) is 21.6 Å². The summed E-state index contributed by atoms with van der Waals surface area (Å²) >= 11 is 0. The number of likely N-dealkylation sites (N-methyl/N-ethyl adjacent to an activating group) is 1. The van der Waals surface area contributed by atoms with E-state index < -0.39 is 32.5 Å². The predicted octanol–water partition coefficient (Wildman–Crippen LogP) is 1.81. The van der Waals surface area contributed by atoms with Gasteiger partial charge in [0.25, 0.3) is 0 Å². The van der Waals surface area contributed by atoms with Crippen LogP contribution in [0.3, 0.4) is 0 Å². The number of carbonyl (C=O) groups is 1. The van der Waals surface area contributed by atoms with Crippen molar-refractivity contribution in [3.8, 4) is 0 Å². The zero-order valence-electron chi connectivity index (χ0n) is 17.0. The maximum absolute atomic E-state index is 12.7. The molecule has 8 nitrogen and oxygen atoms in total. The van der Waals surface area contributed by atoms with Gasteiger partial charge in [0.1, 0.15) is 4.90 Å². The van der Waals surface area contributed by atoms with Crippen molar-refractivity contribution in [2.45, 2.75) is 23.6 Å². The lowest BCUT2D eigenvalue weighted by Gasteiger charge is -2.19. The Bertz CT molecular complexity index is 1130. The van der Waals surface area contributed by atoms with Gasteiger partial charge < -0.3 is 5.32 Å². The fourth-order valence-electron chi connectivity index (χ4n) is 2.52. The minimum absolute atomic E-state index is 0.0713. The Labute approximate surface area is 172 Å². The van der Waals surface area contributed by atoms with Gasteiger partial charge in [0.05, 0.1) is 17.1 Å². The Hall–Kier alpha value is -2.27. The summed E-state index contributed by atoms with van der Waals surface area (Å²) in [6, 6.07) is 10.7. The van der Waals surface area contributed by atoms with Crippen molar-refractivity contribution in [2.24, 2.45) is 0 Å². The molecule has 158 valence electrons. The van der Waals surface area contributed by atoms with Crippen LogP contribution < -0.4 is 5.32 Å². The van der Waals surface area contributed by atoms with Gasteiger partial charge in [0.2, 0.25) is 26.0 Å². The van der Waals surface area contributed by atoms with Gasteiger partial charge in [0, 0.05) is 21.1 Å². The Morgan fingerprint density at radius 3 is 2.10 bits per heavy atom. The van der Waals surface area contributed by atoms with Crippen molar-refractivity contribution in [3.05, 3.63) is 53.6 Å². The molecule has 0 bridgehead atoms. The number of anilines is 1. The zero-order valence-corrected chi connectivity index (χ0v) is 18.6. The van der Waals surface area contributed by atoms with E-state index in [0.29, 0.717) is 0 Å². The summed E-state index contributed by atoms with van der Waals surface area (Å²) in [7, 11) is -3.57. The third-order valence-electron chi connectivity index (χ3n) is 4.47. The maximum atomic E-state index is 12.7. The van der Waals surface area contributed by atoms with Crippen LogP contribution in [0.2, 0.25) is 0 Å². The van der Waals surface area contributed by atoms with Crippen LogP contribution in [0.1, 0.15) is 11.1 Å². The van der Waals surface area contributed by atoms with Crippen LogP contribution in [0, 0.1) is 13.8 Å². The Morgan fingerprint density at radius 1 is 0.897 bits per heavy atom. The van der Waals surface area contributed by atoms with E-state index in [0.717, 1.165) is 19.7 Å². The third-order valence-corrected chi connectivity index (χ3v) is 8.15. The van der Waals surface area contributed by atoms with Gasteiger partial charge >= 0.3 is 0 Å². The van der Waals surface area contributed by atoms with Gasteiger partial charge in [-0.3, -0.25) is 4.79 Å². The molecule has 2 aromatic carbocycles. The molecule has 0 aromatic heterocycles. The van der Waals surface area contributed by atoms with Gasteiger partial charge in [-0.1, -0.05) is 18.2 Å². The van der Waals surface area contributed by atoms with Crippen molar-refractivity contribution in [3.63, 3.8) is 0 Å². The number of para-hydroxylation sites is 1. The number of aryl methyl sites for hydroxylation is 2. The lowest BCUT2D eigenvalue weighted by molar-refractivity contribution is -0.116. The first kappa shape index (κ1) is 23.0. The molecule has 0 aliphatic heterocycles. The van der Waals surface area contributed by atoms with E-state index in [1.54, 1.807) is 24.3 Å². The molecule has 10 heteroatoms. The molecule has 1 N–H and O–H groups in total. The smallest absolute Gasteiger partial charge is 0.244 e. The second-order valence-corrected chi connectivity index (χ2v) is 11.0. The molecule has 0 atom stereocenters. The van der Waals surface area contributed by atoms with Crippen LogP contribution >= 0.6 is 0 Å². The summed E-state index contributed by atoms with van der Waals surface area (Å²) in [6.45, 7) is 3.22. The summed E-state index contributed by atoms with van der Waals surface area (Å²) in [5.41, 5.74) is 1.87. The molecule has 0 fully saturated rings. The van der Waals surface area contributed by atoms with Crippen molar-refractivity contribution >= 4 is 31.6 Å². The number of nitrogens with one attached hydrogen (secondary N) is 1. The number of carbonyl (C=O) groups excluding carboxylic acids is 1. The lowest BCUT2D eigenvalue weighted by atomic mass is 10.1. The predicted molar refractivity (Wildman–Crippen MR) is 112 cm³/mol. The summed E-state index contributed by atoms with van der Waals surface area (Å²) in [4.78, 5) is 12.5. The van der Waals surface area contributed by atoms with Crippen molar-refractivity contribution in [2.75, 3.05) is 33.0 Å². The first-order valence-electron chi connectivity index (χ1n) is 8.72. The number of nitrogens with zero attached hydrogens (tertiary/aromatic N) is 2. The van der Waals surface area contributed by atoms with Crippen LogP contribution in [0.5, 0.6) is 0 Å². The molecule has 1 amide bonds. The van der Waals surface area contributed by atoms with Crippen LogP contribution in [-0.2, 0) is 24.8 Å². The standard InChI is InChI=1S/C19H25N3O5S2/c1-14-10-11-16(12-15(14)2)28(24,25)22(5)13-19(23)20-17-8-6-7-9-18(17)29(26,27)21(3)4/h6-12H,13H2,1-5H3,(H,20,23). The van der Waals surface area contributed by atoms with Gasteiger partial charge in [-0.25, -0.2) is 21.1 Å². The summed E-state index contributed by atoms with van der Waals surface area (Å²) in [5, 5.41) is 2.50. The van der Waals surface area contributed by atoms with E-state index >= 15 is 0 Å². The van der Waals surface area contributed by atoms with Crippen LogP contribution in [-0.4, -0.2) is 59.0 Å². The van der Waals surface area contributed by atoms with E-state index in [2.05, 4.69) is 5.32 Å². The van der Waals surface area contributed by atoms with Gasteiger partial charge in [-0.15, -0.1) is 0 Å². The van der Waals surface area contributed by atoms with E-state index in [-0.39, 0.29) is 15.5 Å². The SMILES string of the molecule is Cc1ccc(S(=O)(=O)N(C)CC(=O)Nc2ccccc2S(=O)(=O)N(C)C)cc1C. The average Bonchev–Trinajstić information content (AvgIpc) is 2.63. The van der Waals surface area contributed by atoms with E-state index in [1.807, 2.05) is 13.8 Å². The first-order valence-corrected chi connectivity index (χ1v) is 11.6. The fourth-order valence-corrected chi connectivity index (χ4v) is 4.78. The second kappa shape index (κ2) is 8.62. The number of benzene rings is 2. The van der Waals surface area contributed by atoms with Gasteiger partial charge in [0.15, 0.2) is 0 Å². The molecule has 29 heavy (non-hydrogen) atoms. The van der Waals surface area contributed by atoms with Gasteiger partial charge in [-0.2, -0.15) is 4.31 Å². The minimum atomic E-state index is -3.87. The van der Waals surface area contributed by atoms with Crippen LogP contribution in [0.15, 0.2) is 52.3 Å². The molecule has 0 spiro atoms. The number of hydrogen-bond acceptors (Lipinski definition) is 5. The monoisotopic (exact) mass is 439 g/mol. The molecule has 2 rings (SSSR count). The summed E-state index contributed by atoms with van der Waals surface area (Å²) < 4.78 is 52.3. The highest BCUT2D eigenvalue weighted by atomic mass is 32.2. The highest BCUT2D eigenvalue weighted by Crippen LogP contribution is 2.23. The summed E-state index contributed by atoms with van der Waals surface area (Å²) in [6.07, 6.45) is 0. The molecular formula is C19H25N3O5S2. The summed E-state index contributed by atoms with van der Waals surface area (Å²) in [5.74, 6) is -0.652. The normalized spacial score (nSPS) is 12.4. The molecular weight excluding hydrogens is 414 g/mol. The highest BCUT2D eigenvalue weighted by molar-refractivity contribution is 7.89. The molecule has 0 radical (unpaired) electrons. The lowest BCUT2D eigenvalue weighted by Crippen LogP contribution is -2.35. The molecule has 0 unspecified atom stereocenters. The molecule has 0 saturated heterocycles. The number of rotatable bonds is 7. The topological polar surface area (TPSA) is 104 Å². The second-order valence-electron chi connectivity index (χ2n) is 6.84. The van der Waals surface area contributed by atoms with Crippen molar-refractivity contribution in [1.29, 1.82) is 0 Å². The van der Waals surface area contributed by atoms with Crippen LogP contribution in [0.25, 0.3) is 0 Å². The number of hydrogen-bond donors (Lipinski definition) is 1. The Kier molecular flexibility index (Phi) is 6.84. The van der Waals surface area contributed by atoms with E-state index in [1.165, 1.54) is 39.3 Å². The Balaban J connectivity index is 2.23. The largest absolute Gasteiger partial charge is 0.324 e.